The van der Waals surface area contributed by atoms with Crippen LogP contribution in [0.25, 0.3) is 10.7 Å². The predicted molar refractivity (Wildman–Crippen MR) is 109 cm³/mol. The molecule has 0 saturated carbocycles. The molecular formula is C19H25F3N4OS2. The van der Waals surface area contributed by atoms with Crippen LogP contribution in [0.15, 0.2) is 11.2 Å². The molecular weight excluding hydrogens is 421 g/mol. The lowest BCUT2D eigenvalue weighted by Crippen LogP contribution is -2.34. The minimum Gasteiger partial charge on any atom is -0.346 e. The summed E-state index contributed by atoms with van der Waals surface area (Å²) in [5, 5.41) is 10.7. The second kappa shape index (κ2) is 8.29. The number of rotatable bonds is 5. The number of fused-ring (bicyclic) bond motifs is 1. The Hall–Kier alpha value is -1.55. The molecule has 1 atom stereocenters. The summed E-state index contributed by atoms with van der Waals surface area (Å²) in [6.45, 7) is 5.53. The van der Waals surface area contributed by atoms with Gasteiger partial charge < -0.3 is 9.88 Å². The molecule has 0 spiro atoms. The Bertz CT molecular complexity index is 883. The van der Waals surface area contributed by atoms with Gasteiger partial charge in [0.1, 0.15) is 6.54 Å². The van der Waals surface area contributed by atoms with Crippen molar-refractivity contribution in [3.8, 4) is 10.7 Å². The fourth-order valence-corrected chi connectivity index (χ4v) is 5.38. The molecule has 29 heavy (non-hydrogen) atoms. The minimum absolute atomic E-state index is 0.143. The lowest BCUT2D eigenvalue weighted by Gasteiger charge is -2.33. The minimum atomic E-state index is -4.41. The van der Waals surface area contributed by atoms with E-state index in [9.17, 15) is 18.0 Å². The first kappa shape index (κ1) is 22.1. The van der Waals surface area contributed by atoms with Crippen molar-refractivity contribution < 1.29 is 18.0 Å². The van der Waals surface area contributed by atoms with E-state index in [-0.39, 0.29) is 11.2 Å². The standard InChI is InChI=1S/C19H25F3N4OS2/c1-18(2,3)12-5-6-13-11(7-12)8-14(29-13)16-24-25-17(26(16)4)28-9-15(27)23-10-19(20,21)22/h8,12H,5-7,9-10H2,1-4H3,(H,23,27)/t12-/m1/s1. The number of halogens is 3. The number of amides is 1. The van der Waals surface area contributed by atoms with Crippen LogP contribution in [0.4, 0.5) is 13.2 Å². The van der Waals surface area contributed by atoms with Crippen LogP contribution in [0.3, 0.4) is 0 Å². The van der Waals surface area contributed by atoms with Gasteiger partial charge in [-0.25, -0.2) is 0 Å². The highest BCUT2D eigenvalue weighted by Crippen LogP contribution is 2.42. The monoisotopic (exact) mass is 446 g/mol. The van der Waals surface area contributed by atoms with E-state index in [1.165, 1.54) is 16.9 Å². The molecule has 0 bridgehead atoms. The van der Waals surface area contributed by atoms with Gasteiger partial charge >= 0.3 is 6.18 Å². The third-order valence-corrected chi connectivity index (χ3v) is 7.43. The molecule has 5 nitrogen and oxygen atoms in total. The number of thioether (sulfide) groups is 1. The predicted octanol–water partition coefficient (Wildman–Crippen LogP) is 4.47. The fourth-order valence-electron chi connectivity index (χ4n) is 3.41. The second-order valence-electron chi connectivity index (χ2n) is 8.41. The summed E-state index contributed by atoms with van der Waals surface area (Å²) in [4.78, 5) is 14.0. The zero-order valence-electron chi connectivity index (χ0n) is 16.9. The summed E-state index contributed by atoms with van der Waals surface area (Å²) in [5.41, 5.74) is 1.65. The van der Waals surface area contributed by atoms with Gasteiger partial charge in [0.05, 0.1) is 10.6 Å². The third-order valence-electron chi connectivity index (χ3n) is 5.18. The lowest BCUT2D eigenvalue weighted by molar-refractivity contribution is -0.136. The van der Waals surface area contributed by atoms with Gasteiger partial charge in [-0.3, -0.25) is 4.79 Å². The van der Waals surface area contributed by atoms with E-state index in [4.69, 9.17) is 0 Å². The maximum atomic E-state index is 12.2. The number of hydrogen-bond donors (Lipinski definition) is 1. The van der Waals surface area contributed by atoms with Crippen LogP contribution in [-0.2, 0) is 24.7 Å². The number of hydrogen-bond acceptors (Lipinski definition) is 5. The number of carbonyl (C=O) groups excluding carboxylic acids is 1. The summed E-state index contributed by atoms with van der Waals surface area (Å²) in [6, 6.07) is 2.19. The molecule has 1 aliphatic rings. The normalized spacial score (nSPS) is 17.3. The van der Waals surface area contributed by atoms with E-state index in [1.807, 2.05) is 12.4 Å². The number of aromatic nitrogens is 3. The number of alkyl halides is 3. The smallest absolute Gasteiger partial charge is 0.346 e. The Balaban J connectivity index is 1.66. The number of nitrogens with one attached hydrogen (secondary N) is 1. The molecule has 2 aromatic heterocycles. The Morgan fingerprint density at radius 3 is 2.72 bits per heavy atom. The molecule has 10 heteroatoms. The molecule has 0 radical (unpaired) electrons. The van der Waals surface area contributed by atoms with Crippen molar-refractivity contribution in [2.24, 2.45) is 18.4 Å². The maximum Gasteiger partial charge on any atom is 0.405 e. The van der Waals surface area contributed by atoms with Gasteiger partial charge in [-0.2, -0.15) is 13.2 Å². The topological polar surface area (TPSA) is 59.8 Å². The van der Waals surface area contributed by atoms with Crippen molar-refractivity contribution >= 4 is 29.0 Å². The van der Waals surface area contributed by atoms with Crippen LogP contribution in [0.2, 0.25) is 0 Å². The van der Waals surface area contributed by atoms with Gasteiger partial charge in [0.25, 0.3) is 0 Å². The molecule has 3 rings (SSSR count). The van der Waals surface area contributed by atoms with Gasteiger partial charge in [-0.15, -0.1) is 21.5 Å². The van der Waals surface area contributed by atoms with E-state index in [2.05, 4.69) is 37.0 Å². The first-order chi connectivity index (χ1) is 13.4. The molecule has 0 saturated heterocycles. The van der Waals surface area contributed by atoms with Crippen LogP contribution >= 0.6 is 23.1 Å². The van der Waals surface area contributed by atoms with Crippen LogP contribution in [0.5, 0.6) is 0 Å². The highest BCUT2D eigenvalue weighted by molar-refractivity contribution is 7.99. The molecule has 1 N–H and O–H groups in total. The molecule has 0 aromatic carbocycles. The van der Waals surface area contributed by atoms with E-state index in [0.717, 1.165) is 35.3 Å². The van der Waals surface area contributed by atoms with Crippen molar-refractivity contribution in [1.29, 1.82) is 0 Å². The summed E-state index contributed by atoms with van der Waals surface area (Å²) in [6.07, 6.45) is -1.10. The van der Waals surface area contributed by atoms with Gasteiger partial charge in [0.2, 0.25) is 5.91 Å². The summed E-state index contributed by atoms with van der Waals surface area (Å²) >= 11 is 2.80. The molecule has 0 fully saturated rings. The van der Waals surface area contributed by atoms with Gasteiger partial charge in [0, 0.05) is 11.9 Å². The van der Waals surface area contributed by atoms with E-state index < -0.39 is 18.6 Å². The van der Waals surface area contributed by atoms with Crippen LogP contribution in [0, 0.1) is 11.3 Å². The second-order valence-corrected chi connectivity index (χ2v) is 10.5. The molecule has 0 unspecified atom stereocenters. The van der Waals surface area contributed by atoms with Crippen molar-refractivity contribution in [2.75, 3.05) is 12.3 Å². The van der Waals surface area contributed by atoms with E-state index >= 15 is 0 Å². The number of thiophene rings is 1. The van der Waals surface area contributed by atoms with E-state index in [0.29, 0.717) is 11.1 Å². The van der Waals surface area contributed by atoms with Gasteiger partial charge in [0.15, 0.2) is 11.0 Å². The van der Waals surface area contributed by atoms with Crippen LogP contribution < -0.4 is 5.32 Å². The first-order valence-electron chi connectivity index (χ1n) is 9.41. The van der Waals surface area contributed by atoms with Gasteiger partial charge in [-0.1, -0.05) is 32.5 Å². The van der Waals surface area contributed by atoms with Crippen molar-refractivity contribution in [1.82, 2.24) is 20.1 Å². The molecule has 2 aromatic rings. The molecule has 1 aliphatic carbocycles. The first-order valence-corrected chi connectivity index (χ1v) is 11.2. The average molecular weight is 447 g/mol. The highest BCUT2D eigenvalue weighted by Gasteiger charge is 2.31. The van der Waals surface area contributed by atoms with Crippen molar-refractivity contribution in [2.45, 2.75) is 51.4 Å². The average Bonchev–Trinajstić information content (AvgIpc) is 3.19. The lowest BCUT2D eigenvalue weighted by atomic mass is 9.72. The largest absolute Gasteiger partial charge is 0.405 e. The fraction of sp³-hybridized carbons (Fsp3) is 0.632. The number of carbonyl (C=O) groups is 1. The number of aryl methyl sites for hydroxylation is 1. The summed E-state index contributed by atoms with van der Waals surface area (Å²) in [7, 11) is 1.81. The molecule has 2 heterocycles. The Labute approximate surface area is 176 Å². The zero-order chi connectivity index (χ0) is 21.4. The molecule has 1 amide bonds. The Morgan fingerprint density at radius 2 is 2.07 bits per heavy atom. The SMILES string of the molecule is Cn1c(SCC(=O)NCC(F)(F)F)nnc1-c1cc2c(s1)CC[C@@H](C(C)(C)C)C2. The Kier molecular flexibility index (Phi) is 6.33. The number of nitrogens with zero attached hydrogens (tertiary/aromatic N) is 3. The van der Waals surface area contributed by atoms with Crippen LogP contribution in [0.1, 0.15) is 37.6 Å². The quantitative estimate of drug-likeness (QED) is 0.689. The Morgan fingerprint density at radius 1 is 1.34 bits per heavy atom. The van der Waals surface area contributed by atoms with Crippen molar-refractivity contribution in [3.05, 3.63) is 16.5 Å². The summed E-state index contributed by atoms with van der Waals surface area (Å²) < 4.78 is 38.3. The third kappa shape index (κ3) is 5.53. The van der Waals surface area contributed by atoms with Crippen LogP contribution in [-0.4, -0.2) is 39.1 Å². The highest BCUT2D eigenvalue weighted by atomic mass is 32.2. The van der Waals surface area contributed by atoms with E-state index in [1.54, 1.807) is 15.9 Å². The zero-order valence-corrected chi connectivity index (χ0v) is 18.5. The van der Waals surface area contributed by atoms with Gasteiger partial charge in [-0.05, 0) is 42.2 Å². The summed E-state index contributed by atoms with van der Waals surface area (Å²) in [5.74, 6) is 0.542. The molecule has 0 aliphatic heterocycles. The maximum absolute atomic E-state index is 12.2. The van der Waals surface area contributed by atoms with Crippen molar-refractivity contribution in [3.63, 3.8) is 0 Å². The molecule has 160 valence electrons.